The van der Waals surface area contributed by atoms with Gasteiger partial charge in [-0.3, -0.25) is 4.79 Å². The highest BCUT2D eigenvalue weighted by molar-refractivity contribution is 7.14. The molecule has 0 saturated carbocycles. The van der Waals surface area contributed by atoms with Gasteiger partial charge in [-0.1, -0.05) is 30.3 Å². The molecule has 9 heteroatoms. The fourth-order valence-corrected chi connectivity index (χ4v) is 3.27. The van der Waals surface area contributed by atoms with Gasteiger partial charge in [0.15, 0.2) is 23.1 Å². The van der Waals surface area contributed by atoms with Gasteiger partial charge in [-0.2, -0.15) is 0 Å². The Hall–Kier alpha value is -3.17. The fraction of sp³-hybridized carbons (Fsp3) is 0.250. The van der Waals surface area contributed by atoms with E-state index in [0.29, 0.717) is 35.3 Å². The van der Waals surface area contributed by atoms with E-state index in [1.165, 1.54) is 18.3 Å². The molecule has 0 saturated heterocycles. The summed E-state index contributed by atoms with van der Waals surface area (Å²) >= 11 is 1.39. The van der Waals surface area contributed by atoms with Crippen LogP contribution in [0.2, 0.25) is 0 Å². The van der Waals surface area contributed by atoms with Crippen molar-refractivity contribution in [3.8, 4) is 11.5 Å². The Labute approximate surface area is 172 Å². The van der Waals surface area contributed by atoms with E-state index in [9.17, 15) is 4.79 Å². The Morgan fingerprint density at radius 2 is 2.10 bits per heavy atom. The van der Waals surface area contributed by atoms with Gasteiger partial charge in [-0.15, -0.1) is 11.3 Å². The van der Waals surface area contributed by atoms with E-state index in [-0.39, 0.29) is 11.9 Å². The van der Waals surface area contributed by atoms with Crippen LogP contribution < -0.4 is 16.4 Å². The third kappa shape index (κ3) is 6.16. The molecule has 4 N–H and O–H groups in total. The van der Waals surface area contributed by atoms with E-state index >= 15 is 0 Å². The lowest BCUT2D eigenvalue weighted by Crippen LogP contribution is -2.26. The molecule has 1 aromatic carbocycles. The van der Waals surface area contributed by atoms with Crippen molar-refractivity contribution >= 4 is 28.3 Å². The maximum absolute atomic E-state index is 11.0. The predicted octanol–water partition coefficient (Wildman–Crippen LogP) is 2.98. The minimum atomic E-state index is -0.397. The molecule has 0 aliphatic carbocycles. The second-order valence-electron chi connectivity index (χ2n) is 6.23. The van der Waals surface area contributed by atoms with Crippen LogP contribution >= 0.6 is 11.3 Å². The number of benzene rings is 1. The number of hydrogen-bond acceptors (Lipinski definition) is 6. The zero-order chi connectivity index (χ0) is 20.6. The maximum Gasteiger partial charge on any atom is 0.217 e. The van der Waals surface area contributed by atoms with Crippen molar-refractivity contribution in [3.05, 3.63) is 59.2 Å². The molecular weight excluding hydrogens is 390 g/mol. The molecule has 1 unspecified atom stereocenters. The first-order valence-electron chi connectivity index (χ1n) is 8.99. The molecule has 3 rings (SSSR count). The Balaban J connectivity index is 1.61. The number of thiazole rings is 1. The largest absolute Gasteiger partial charge is 0.458 e. The van der Waals surface area contributed by atoms with Crippen molar-refractivity contribution in [2.24, 2.45) is 10.7 Å². The summed E-state index contributed by atoms with van der Waals surface area (Å²) in [5.74, 6) is 1.38. The molecular formula is C20H23N5O3S. The average molecular weight is 414 g/mol. The number of amides is 1. The highest BCUT2D eigenvalue weighted by atomic mass is 32.1. The van der Waals surface area contributed by atoms with Crippen LogP contribution in [0.3, 0.4) is 0 Å². The predicted molar refractivity (Wildman–Crippen MR) is 114 cm³/mol. The molecule has 0 spiro atoms. The molecule has 2 aromatic heterocycles. The summed E-state index contributed by atoms with van der Waals surface area (Å²) in [6, 6.07) is 13.6. The van der Waals surface area contributed by atoms with Crippen molar-refractivity contribution < 1.29 is 13.9 Å². The van der Waals surface area contributed by atoms with E-state index in [1.54, 1.807) is 13.2 Å². The SMILES string of the molecule is COC(Cc1ccccc1)N=C(N)Nc1nc(-c2ccc(CNC(C)=O)o2)cs1. The van der Waals surface area contributed by atoms with E-state index in [4.69, 9.17) is 14.9 Å². The smallest absolute Gasteiger partial charge is 0.217 e. The second-order valence-corrected chi connectivity index (χ2v) is 7.09. The number of aromatic nitrogens is 1. The quantitative estimate of drug-likeness (QED) is 0.386. The van der Waals surface area contributed by atoms with Gasteiger partial charge in [-0.05, 0) is 17.7 Å². The van der Waals surface area contributed by atoms with Crippen LogP contribution in [0.15, 0.2) is 57.3 Å². The lowest BCUT2D eigenvalue weighted by Gasteiger charge is -2.12. The van der Waals surface area contributed by atoms with Crippen LogP contribution in [-0.4, -0.2) is 30.2 Å². The number of guanidine groups is 1. The lowest BCUT2D eigenvalue weighted by molar-refractivity contribution is -0.119. The number of carbonyl (C=O) groups excluding carboxylic acids is 1. The summed E-state index contributed by atoms with van der Waals surface area (Å²) < 4.78 is 11.1. The molecule has 0 bridgehead atoms. The number of anilines is 1. The third-order valence-corrected chi connectivity index (χ3v) is 4.73. The van der Waals surface area contributed by atoms with Gasteiger partial charge in [0.1, 0.15) is 11.5 Å². The zero-order valence-corrected chi connectivity index (χ0v) is 17.0. The summed E-state index contributed by atoms with van der Waals surface area (Å²) in [5.41, 5.74) is 7.80. The van der Waals surface area contributed by atoms with Gasteiger partial charge in [0.2, 0.25) is 5.91 Å². The van der Waals surface area contributed by atoms with Gasteiger partial charge < -0.3 is 25.5 Å². The highest BCUT2D eigenvalue weighted by Crippen LogP contribution is 2.26. The number of hydrogen-bond donors (Lipinski definition) is 3. The zero-order valence-electron chi connectivity index (χ0n) is 16.2. The van der Waals surface area contributed by atoms with Crippen molar-refractivity contribution in [2.75, 3.05) is 12.4 Å². The topological polar surface area (TPSA) is 115 Å². The molecule has 0 fully saturated rings. The van der Waals surface area contributed by atoms with Gasteiger partial charge in [0.05, 0.1) is 6.54 Å². The van der Waals surface area contributed by atoms with Crippen molar-refractivity contribution in [2.45, 2.75) is 26.1 Å². The summed E-state index contributed by atoms with van der Waals surface area (Å²) in [6.45, 7) is 1.80. The number of ether oxygens (including phenoxy) is 1. The van der Waals surface area contributed by atoms with Gasteiger partial charge >= 0.3 is 0 Å². The summed E-state index contributed by atoms with van der Waals surface area (Å²) in [6.07, 6.45) is 0.220. The van der Waals surface area contributed by atoms with E-state index in [2.05, 4.69) is 20.6 Å². The lowest BCUT2D eigenvalue weighted by atomic mass is 10.1. The molecule has 0 aliphatic heterocycles. The number of furan rings is 1. The minimum Gasteiger partial charge on any atom is -0.458 e. The molecule has 29 heavy (non-hydrogen) atoms. The number of nitrogens with two attached hydrogens (primary N) is 1. The first kappa shape index (κ1) is 20.6. The first-order valence-corrected chi connectivity index (χ1v) is 9.87. The van der Waals surface area contributed by atoms with Crippen LogP contribution in [0.4, 0.5) is 5.13 Å². The fourth-order valence-electron chi connectivity index (χ4n) is 2.56. The van der Waals surface area contributed by atoms with Gasteiger partial charge in [0, 0.05) is 25.8 Å². The first-order chi connectivity index (χ1) is 14.0. The summed E-state index contributed by atoms with van der Waals surface area (Å²) in [4.78, 5) is 19.8. The van der Waals surface area contributed by atoms with E-state index < -0.39 is 6.23 Å². The Kier molecular flexibility index (Phi) is 6.99. The molecule has 1 amide bonds. The highest BCUT2D eigenvalue weighted by Gasteiger charge is 2.12. The minimum absolute atomic E-state index is 0.112. The number of methoxy groups -OCH3 is 1. The van der Waals surface area contributed by atoms with Crippen molar-refractivity contribution in [1.82, 2.24) is 10.3 Å². The molecule has 2 heterocycles. The number of nitrogens with zero attached hydrogens (tertiary/aromatic N) is 2. The summed E-state index contributed by atoms with van der Waals surface area (Å²) in [7, 11) is 1.60. The summed E-state index contributed by atoms with van der Waals surface area (Å²) in [5, 5.41) is 8.13. The molecule has 1 atom stereocenters. The van der Waals surface area contributed by atoms with Crippen molar-refractivity contribution in [1.29, 1.82) is 0 Å². The third-order valence-electron chi connectivity index (χ3n) is 3.97. The van der Waals surface area contributed by atoms with E-state index in [0.717, 1.165) is 5.56 Å². The average Bonchev–Trinajstić information content (AvgIpc) is 3.36. The number of rotatable bonds is 8. The standard InChI is InChI=1S/C20H23N5O3S/c1-13(26)22-11-15-8-9-17(28-15)16-12-29-20(23-16)25-19(21)24-18(27-2)10-14-6-4-3-5-7-14/h3-9,12,18H,10-11H2,1-2H3,(H,22,26)(H3,21,23,24,25). The van der Waals surface area contributed by atoms with Crippen molar-refractivity contribution in [3.63, 3.8) is 0 Å². The number of carbonyl (C=O) groups is 1. The normalized spacial score (nSPS) is 12.6. The second kappa shape index (κ2) is 9.85. The number of aliphatic imine (C=N–C) groups is 1. The molecule has 152 valence electrons. The maximum atomic E-state index is 11.0. The van der Waals surface area contributed by atoms with Crippen LogP contribution in [0, 0.1) is 0 Å². The van der Waals surface area contributed by atoms with Gasteiger partial charge in [-0.25, -0.2) is 9.98 Å². The Morgan fingerprint density at radius 3 is 2.83 bits per heavy atom. The number of nitrogens with one attached hydrogen (secondary N) is 2. The molecule has 0 aliphatic rings. The Bertz CT molecular complexity index is 967. The van der Waals surface area contributed by atoms with Crippen LogP contribution in [0.5, 0.6) is 0 Å². The van der Waals surface area contributed by atoms with Crippen LogP contribution in [-0.2, 0) is 22.5 Å². The molecule has 0 radical (unpaired) electrons. The van der Waals surface area contributed by atoms with Gasteiger partial charge in [0.25, 0.3) is 0 Å². The van der Waals surface area contributed by atoms with Crippen LogP contribution in [0.1, 0.15) is 18.2 Å². The molecule has 8 nitrogen and oxygen atoms in total. The Morgan fingerprint density at radius 1 is 1.31 bits per heavy atom. The van der Waals surface area contributed by atoms with E-state index in [1.807, 2.05) is 41.8 Å². The molecule has 3 aromatic rings. The van der Waals surface area contributed by atoms with Crippen LogP contribution in [0.25, 0.3) is 11.5 Å². The monoisotopic (exact) mass is 413 g/mol.